The quantitative estimate of drug-likeness (QED) is 0.887. The number of hydrogen-bond acceptors (Lipinski definition) is 3. The second kappa shape index (κ2) is 4.02. The molecule has 0 aliphatic rings. The van der Waals surface area contributed by atoms with E-state index in [9.17, 15) is 0 Å². The molecule has 0 aliphatic carbocycles. The molecule has 2 rings (SSSR count). The molecule has 0 fully saturated rings. The summed E-state index contributed by atoms with van der Waals surface area (Å²) in [6.45, 7) is 0.585. The van der Waals surface area contributed by atoms with Gasteiger partial charge in [-0.25, -0.2) is 9.97 Å². The molecule has 0 unspecified atom stereocenters. The van der Waals surface area contributed by atoms with E-state index in [1.54, 1.807) is 0 Å². The molecule has 0 saturated carbocycles. The van der Waals surface area contributed by atoms with Crippen LogP contribution >= 0.6 is 15.9 Å². The highest BCUT2D eigenvalue weighted by atomic mass is 79.9. The van der Waals surface area contributed by atoms with Crippen LogP contribution in [0.25, 0.3) is 10.9 Å². The van der Waals surface area contributed by atoms with Crippen LogP contribution in [0, 0.1) is 0 Å². The van der Waals surface area contributed by atoms with Crippen molar-refractivity contribution in [3.05, 3.63) is 34.7 Å². The number of nitrogens with two attached hydrogens (primary N) is 1. The second-order valence-electron chi connectivity index (χ2n) is 3.03. The zero-order valence-corrected chi connectivity index (χ0v) is 9.16. The smallest absolute Gasteiger partial charge is 0.130 e. The summed E-state index contributed by atoms with van der Waals surface area (Å²) in [5.74, 6) is 0.808. The van der Waals surface area contributed by atoms with Crippen LogP contribution in [0.2, 0.25) is 0 Å². The summed E-state index contributed by atoms with van der Waals surface area (Å²) in [6.07, 6.45) is 2.56. The highest BCUT2D eigenvalue weighted by Gasteiger charge is 1.99. The largest absolute Gasteiger partial charge is 0.330 e. The molecule has 0 atom stereocenters. The number of aromatic nitrogens is 2. The number of fused-ring (bicyclic) bond motifs is 1. The molecule has 14 heavy (non-hydrogen) atoms. The summed E-state index contributed by atoms with van der Waals surface area (Å²) in [7, 11) is 0. The Hall–Kier alpha value is -1.00. The van der Waals surface area contributed by atoms with Crippen LogP contribution in [0.4, 0.5) is 0 Å². The molecule has 0 aliphatic heterocycles. The van der Waals surface area contributed by atoms with Gasteiger partial charge in [0.2, 0.25) is 0 Å². The third-order valence-corrected chi connectivity index (χ3v) is 2.45. The van der Waals surface area contributed by atoms with Crippen molar-refractivity contribution >= 4 is 26.8 Å². The number of halogens is 1. The molecule has 3 nitrogen and oxygen atoms in total. The summed E-state index contributed by atoms with van der Waals surface area (Å²) >= 11 is 3.41. The molecular formula is C10H10BrN3. The van der Waals surface area contributed by atoms with E-state index in [0.29, 0.717) is 6.54 Å². The van der Waals surface area contributed by atoms with Gasteiger partial charge in [0, 0.05) is 22.5 Å². The fourth-order valence-electron chi connectivity index (χ4n) is 1.29. The topological polar surface area (TPSA) is 51.8 Å². The minimum Gasteiger partial charge on any atom is -0.330 e. The van der Waals surface area contributed by atoms with E-state index in [-0.39, 0.29) is 0 Å². The maximum absolute atomic E-state index is 5.44. The Labute approximate surface area is 90.5 Å². The molecule has 1 heterocycles. The highest BCUT2D eigenvalue weighted by molar-refractivity contribution is 9.10. The molecule has 2 N–H and O–H groups in total. The van der Waals surface area contributed by atoms with Crippen LogP contribution in [0.5, 0.6) is 0 Å². The van der Waals surface area contributed by atoms with Crippen LogP contribution in [-0.2, 0) is 6.42 Å². The first-order valence-corrected chi connectivity index (χ1v) is 5.20. The fraction of sp³-hybridized carbons (Fsp3) is 0.200. The molecule has 2 aromatic rings. The lowest BCUT2D eigenvalue weighted by molar-refractivity contribution is 0.879. The van der Waals surface area contributed by atoms with E-state index in [1.807, 2.05) is 24.4 Å². The van der Waals surface area contributed by atoms with Gasteiger partial charge in [-0.3, -0.25) is 0 Å². The average molecular weight is 252 g/mol. The standard InChI is InChI=1S/C10H10BrN3/c11-8-1-2-9-7(5-8)6-13-10(14-9)3-4-12/h1-2,5-6H,3-4,12H2. The lowest BCUT2D eigenvalue weighted by Gasteiger charge is -2.00. The van der Waals surface area contributed by atoms with Crippen LogP contribution in [0.1, 0.15) is 5.82 Å². The maximum atomic E-state index is 5.44. The molecule has 0 amide bonds. The van der Waals surface area contributed by atoms with Crippen molar-refractivity contribution in [2.75, 3.05) is 6.54 Å². The predicted molar refractivity (Wildman–Crippen MR) is 60.0 cm³/mol. The molecule has 0 saturated heterocycles. The van der Waals surface area contributed by atoms with Gasteiger partial charge in [-0.15, -0.1) is 0 Å². The first-order valence-electron chi connectivity index (χ1n) is 4.41. The number of rotatable bonds is 2. The molecule has 0 bridgehead atoms. The van der Waals surface area contributed by atoms with Gasteiger partial charge in [0.1, 0.15) is 5.82 Å². The normalized spacial score (nSPS) is 10.7. The lowest BCUT2D eigenvalue weighted by atomic mass is 10.2. The SMILES string of the molecule is NCCc1ncc2cc(Br)ccc2n1. The predicted octanol–water partition coefficient (Wildman–Crippen LogP) is 1.89. The van der Waals surface area contributed by atoms with Crippen molar-refractivity contribution in [3.63, 3.8) is 0 Å². The van der Waals surface area contributed by atoms with Crippen molar-refractivity contribution < 1.29 is 0 Å². The first-order chi connectivity index (χ1) is 6.79. The van der Waals surface area contributed by atoms with E-state index >= 15 is 0 Å². The Morgan fingerprint density at radius 3 is 3.00 bits per heavy atom. The van der Waals surface area contributed by atoms with Crippen LogP contribution in [0.3, 0.4) is 0 Å². The maximum Gasteiger partial charge on any atom is 0.130 e. The Balaban J connectivity index is 2.50. The molecule has 72 valence electrons. The molecular weight excluding hydrogens is 242 g/mol. The number of hydrogen-bond donors (Lipinski definition) is 1. The lowest BCUT2D eigenvalue weighted by Crippen LogP contribution is -2.06. The van der Waals surface area contributed by atoms with Crippen molar-refractivity contribution in [3.8, 4) is 0 Å². The van der Waals surface area contributed by atoms with Gasteiger partial charge in [0.15, 0.2) is 0 Å². The van der Waals surface area contributed by atoms with Crippen molar-refractivity contribution in [1.82, 2.24) is 9.97 Å². The Morgan fingerprint density at radius 2 is 2.21 bits per heavy atom. The zero-order chi connectivity index (χ0) is 9.97. The van der Waals surface area contributed by atoms with Gasteiger partial charge >= 0.3 is 0 Å². The van der Waals surface area contributed by atoms with Crippen molar-refractivity contribution in [1.29, 1.82) is 0 Å². The molecule has 4 heteroatoms. The third kappa shape index (κ3) is 1.91. The van der Waals surface area contributed by atoms with Gasteiger partial charge in [-0.05, 0) is 24.7 Å². The van der Waals surface area contributed by atoms with E-state index in [1.165, 1.54) is 0 Å². The minimum atomic E-state index is 0.585. The van der Waals surface area contributed by atoms with Gasteiger partial charge < -0.3 is 5.73 Å². The monoisotopic (exact) mass is 251 g/mol. The molecule has 0 spiro atoms. The first kappa shape index (κ1) is 9.55. The summed E-state index contributed by atoms with van der Waals surface area (Å²) in [5, 5.41) is 1.04. The van der Waals surface area contributed by atoms with Crippen LogP contribution in [-0.4, -0.2) is 16.5 Å². The summed E-state index contributed by atoms with van der Waals surface area (Å²) in [5.41, 5.74) is 6.41. The van der Waals surface area contributed by atoms with E-state index in [2.05, 4.69) is 25.9 Å². The van der Waals surface area contributed by atoms with E-state index in [0.717, 1.165) is 27.6 Å². The Morgan fingerprint density at radius 1 is 1.36 bits per heavy atom. The molecule has 0 radical (unpaired) electrons. The summed E-state index contributed by atoms with van der Waals surface area (Å²) < 4.78 is 1.04. The second-order valence-corrected chi connectivity index (χ2v) is 3.94. The van der Waals surface area contributed by atoms with Crippen molar-refractivity contribution in [2.24, 2.45) is 5.73 Å². The van der Waals surface area contributed by atoms with Gasteiger partial charge in [-0.1, -0.05) is 15.9 Å². The highest BCUT2D eigenvalue weighted by Crippen LogP contribution is 2.17. The van der Waals surface area contributed by atoms with Crippen LogP contribution in [0.15, 0.2) is 28.9 Å². The Kier molecular flexibility index (Phi) is 2.74. The zero-order valence-electron chi connectivity index (χ0n) is 7.57. The molecule has 1 aromatic heterocycles. The van der Waals surface area contributed by atoms with Gasteiger partial charge in [0.05, 0.1) is 5.52 Å². The van der Waals surface area contributed by atoms with Crippen molar-refractivity contribution in [2.45, 2.75) is 6.42 Å². The number of benzene rings is 1. The minimum absolute atomic E-state index is 0.585. The number of nitrogens with zero attached hydrogens (tertiary/aromatic N) is 2. The fourth-order valence-corrected chi connectivity index (χ4v) is 1.67. The summed E-state index contributed by atoms with van der Waals surface area (Å²) in [6, 6.07) is 5.95. The van der Waals surface area contributed by atoms with Crippen LogP contribution < -0.4 is 5.73 Å². The van der Waals surface area contributed by atoms with E-state index < -0.39 is 0 Å². The third-order valence-electron chi connectivity index (χ3n) is 1.96. The Bertz CT molecular complexity index is 456. The van der Waals surface area contributed by atoms with Gasteiger partial charge in [0.25, 0.3) is 0 Å². The van der Waals surface area contributed by atoms with Gasteiger partial charge in [-0.2, -0.15) is 0 Å². The molecule has 1 aromatic carbocycles. The van der Waals surface area contributed by atoms with E-state index in [4.69, 9.17) is 5.73 Å². The average Bonchev–Trinajstić information content (AvgIpc) is 2.19. The summed E-state index contributed by atoms with van der Waals surface area (Å²) in [4.78, 5) is 8.62.